The molecule has 9 heteroatoms. The third-order valence-electron chi connectivity index (χ3n) is 7.06. The van der Waals surface area contributed by atoms with Crippen molar-refractivity contribution >= 4 is 40.9 Å². The van der Waals surface area contributed by atoms with E-state index in [0.29, 0.717) is 65.7 Å². The first-order chi connectivity index (χ1) is 16.9. The van der Waals surface area contributed by atoms with Crippen molar-refractivity contribution in [3.05, 3.63) is 58.7 Å². The molecule has 2 aliphatic rings. The number of nitrogens with zero attached hydrogens (tertiary/aromatic N) is 2. The largest absolute Gasteiger partial charge is 0.496 e. The highest BCUT2D eigenvalue weighted by Crippen LogP contribution is 2.44. The Labute approximate surface area is 209 Å². The number of carbonyl (C=O) groups excluding carboxylic acids is 2. The molecule has 35 heavy (non-hydrogen) atoms. The second kappa shape index (κ2) is 10.00. The van der Waals surface area contributed by atoms with Gasteiger partial charge in [0.15, 0.2) is 0 Å². The number of methoxy groups -OCH3 is 2. The van der Waals surface area contributed by atoms with Crippen molar-refractivity contribution in [2.75, 3.05) is 38.8 Å². The van der Waals surface area contributed by atoms with E-state index in [1.165, 1.54) is 19.5 Å². The minimum absolute atomic E-state index is 0.0774. The summed E-state index contributed by atoms with van der Waals surface area (Å²) in [6.45, 7) is 1.62. The molecule has 0 aliphatic carbocycles. The normalized spacial score (nSPS) is 17.6. The van der Waals surface area contributed by atoms with Gasteiger partial charge in [-0.1, -0.05) is 11.6 Å². The summed E-state index contributed by atoms with van der Waals surface area (Å²) < 4.78 is 10.7. The van der Waals surface area contributed by atoms with Crippen LogP contribution in [0.5, 0.6) is 11.5 Å². The number of piperidine rings is 1. The number of anilines is 1. The van der Waals surface area contributed by atoms with Crippen molar-refractivity contribution in [2.24, 2.45) is 11.1 Å². The summed E-state index contributed by atoms with van der Waals surface area (Å²) in [4.78, 5) is 30.2. The highest BCUT2D eigenvalue weighted by Gasteiger charge is 2.49. The maximum absolute atomic E-state index is 13.6. The topological polar surface area (TPSA) is 109 Å². The van der Waals surface area contributed by atoms with Gasteiger partial charge in [0.25, 0.3) is 5.91 Å². The van der Waals surface area contributed by atoms with Gasteiger partial charge in [-0.05, 0) is 49.6 Å². The number of amides is 2. The van der Waals surface area contributed by atoms with E-state index in [4.69, 9.17) is 32.2 Å². The highest BCUT2D eigenvalue weighted by molar-refractivity contribution is 6.32. The molecular weight excluding hydrogens is 468 g/mol. The molecule has 2 aliphatic heterocycles. The first kappa shape index (κ1) is 24.6. The Hall–Kier alpha value is -3.52. The SMILES string of the molecule is COc1ccc(C(=O)N2CCC3(CC2)CCN(c2ccc(/C(C=N)=C/N)c(OC)c2)C3=O)cc1Cl. The van der Waals surface area contributed by atoms with Crippen LogP contribution in [0.25, 0.3) is 5.57 Å². The summed E-state index contributed by atoms with van der Waals surface area (Å²) in [5.41, 5.74) is 7.64. The fraction of sp³-hybridized carbons (Fsp3) is 0.346. The number of hydrogen-bond acceptors (Lipinski definition) is 6. The van der Waals surface area contributed by atoms with Gasteiger partial charge in [-0.15, -0.1) is 0 Å². The average molecular weight is 497 g/mol. The Morgan fingerprint density at radius 1 is 1.06 bits per heavy atom. The van der Waals surface area contributed by atoms with Crippen molar-refractivity contribution < 1.29 is 19.1 Å². The third-order valence-corrected chi connectivity index (χ3v) is 7.36. The number of hydrogen-bond donors (Lipinski definition) is 2. The average Bonchev–Trinajstić information content (AvgIpc) is 3.20. The zero-order chi connectivity index (χ0) is 25.2. The van der Waals surface area contributed by atoms with Gasteiger partial charge >= 0.3 is 0 Å². The summed E-state index contributed by atoms with van der Waals surface area (Å²) in [7, 11) is 3.08. The molecule has 2 fully saturated rings. The van der Waals surface area contributed by atoms with Gasteiger partial charge in [0.1, 0.15) is 11.5 Å². The lowest BCUT2D eigenvalue weighted by molar-refractivity contribution is -0.127. The summed E-state index contributed by atoms with van der Waals surface area (Å²) >= 11 is 6.19. The van der Waals surface area contributed by atoms with Crippen molar-refractivity contribution in [2.45, 2.75) is 19.3 Å². The fourth-order valence-corrected chi connectivity index (χ4v) is 5.21. The van der Waals surface area contributed by atoms with Crippen LogP contribution in [0.3, 0.4) is 0 Å². The monoisotopic (exact) mass is 496 g/mol. The Morgan fingerprint density at radius 3 is 2.34 bits per heavy atom. The van der Waals surface area contributed by atoms with E-state index in [1.807, 2.05) is 18.2 Å². The quantitative estimate of drug-likeness (QED) is 0.588. The van der Waals surface area contributed by atoms with Gasteiger partial charge in [-0.3, -0.25) is 9.59 Å². The van der Waals surface area contributed by atoms with E-state index in [-0.39, 0.29) is 11.8 Å². The van der Waals surface area contributed by atoms with E-state index in [1.54, 1.807) is 35.1 Å². The number of likely N-dealkylation sites (tertiary alicyclic amines) is 1. The molecule has 2 aromatic carbocycles. The van der Waals surface area contributed by atoms with Crippen molar-refractivity contribution in [3.8, 4) is 11.5 Å². The van der Waals surface area contributed by atoms with Gasteiger partial charge in [-0.25, -0.2) is 0 Å². The maximum Gasteiger partial charge on any atom is 0.253 e. The zero-order valence-electron chi connectivity index (χ0n) is 19.8. The summed E-state index contributed by atoms with van der Waals surface area (Å²) in [5.74, 6) is 1.06. The fourth-order valence-electron chi connectivity index (χ4n) is 4.95. The Balaban J connectivity index is 1.47. The standard InChI is InChI=1S/C26H29ClN4O4/c1-34-22-6-3-17(13-21(22)27)24(32)30-10-7-26(8-11-30)9-12-31(25(26)33)19-4-5-20(18(15-28)16-29)23(14-19)35-2/h3-6,13-16,28H,7-12,29H2,1-2H3/b18-16+,28-15?. The number of carbonyl (C=O) groups is 2. The van der Waals surface area contributed by atoms with Gasteiger partial charge in [0.05, 0.1) is 24.7 Å². The molecule has 1 spiro atoms. The van der Waals surface area contributed by atoms with E-state index < -0.39 is 5.41 Å². The molecule has 0 atom stereocenters. The number of allylic oxidation sites excluding steroid dienone is 1. The molecule has 0 unspecified atom stereocenters. The first-order valence-electron chi connectivity index (χ1n) is 11.4. The summed E-state index contributed by atoms with van der Waals surface area (Å²) in [6.07, 6.45) is 4.49. The van der Waals surface area contributed by atoms with Crippen molar-refractivity contribution in [1.29, 1.82) is 5.41 Å². The predicted octanol–water partition coefficient (Wildman–Crippen LogP) is 3.97. The predicted molar refractivity (Wildman–Crippen MR) is 136 cm³/mol. The number of benzene rings is 2. The lowest BCUT2D eigenvalue weighted by atomic mass is 9.77. The minimum Gasteiger partial charge on any atom is -0.496 e. The Bertz CT molecular complexity index is 1190. The smallest absolute Gasteiger partial charge is 0.253 e. The van der Waals surface area contributed by atoms with E-state index >= 15 is 0 Å². The van der Waals surface area contributed by atoms with Crippen LogP contribution >= 0.6 is 11.6 Å². The zero-order valence-corrected chi connectivity index (χ0v) is 20.6. The number of ether oxygens (including phenoxy) is 2. The molecule has 2 amide bonds. The number of halogens is 1. The molecule has 4 rings (SSSR count). The number of nitrogens with two attached hydrogens (primary N) is 1. The van der Waals surface area contributed by atoms with Gasteiger partial charge < -0.3 is 30.4 Å². The number of rotatable bonds is 6. The molecule has 2 aromatic rings. The molecule has 0 saturated carbocycles. The van der Waals surface area contributed by atoms with Crippen LogP contribution in [0.4, 0.5) is 5.69 Å². The van der Waals surface area contributed by atoms with Crippen LogP contribution in [0.2, 0.25) is 5.02 Å². The molecule has 2 saturated heterocycles. The lowest BCUT2D eigenvalue weighted by Gasteiger charge is -2.38. The van der Waals surface area contributed by atoms with Crippen LogP contribution < -0.4 is 20.1 Å². The van der Waals surface area contributed by atoms with Gasteiger partial charge in [-0.2, -0.15) is 0 Å². The van der Waals surface area contributed by atoms with E-state index in [2.05, 4.69) is 0 Å². The van der Waals surface area contributed by atoms with Gasteiger partial charge in [0, 0.05) is 60.5 Å². The number of nitrogens with one attached hydrogen (secondary N) is 1. The molecule has 2 heterocycles. The molecule has 0 bridgehead atoms. The first-order valence-corrected chi connectivity index (χ1v) is 11.8. The van der Waals surface area contributed by atoms with Crippen LogP contribution in [0.1, 0.15) is 35.2 Å². The molecule has 0 radical (unpaired) electrons. The van der Waals surface area contributed by atoms with Crippen LogP contribution in [-0.2, 0) is 4.79 Å². The van der Waals surface area contributed by atoms with Crippen LogP contribution in [-0.4, -0.2) is 56.8 Å². The maximum atomic E-state index is 13.6. The van der Waals surface area contributed by atoms with Gasteiger partial charge in [0.2, 0.25) is 5.91 Å². The van der Waals surface area contributed by atoms with E-state index in [9.17, 15) is 9.59 Å². The van der Waals surface area contributed by atoms with Crippen molar-refractivity contribution in [1.82, 2.24) is 4.90 Å². The van der Waals surface area contributed by atoms with Crippen LogP contribution in [0.15, 0.2) is 42.6 Å². The second-order valence-electron chi connectivity index (χ2n) is 8.78. The minimum atomic E-state index is -0.475. The highest BCUT2D eigenvalue weighted by atomic mass is 35.5. The molecule has 184 valence electrons. The summed E-state index contributed by atoms with van der Waals surface area (Å²) in [6, 6.07) is 10.5. The molecule has 0 aromatic heterocycles. The third kappa shape index (κ3) is 4.46. The molecule has 3 N–H and O–H groups in total. The second-order valence-corrected chi connectivity index (χ2v) is 9.19. The lowest BCUT2D eigenvalue weighted by Crippen LogP contribution is -2.46. The Morgan fingerprint density at radius 2 is 1.74 bits per heavy atom. The molecule has 8 nitrogen and oxygen atoms in total. The van der Waals surface area contributed by atoms with Crippen molar-refractivity contribution in [3.63, 3.8) is 0 Å². The van der Waals surface area contributed by atoms with Crippen LogP contribution in [0, 0.1) is 10.8 Å². The summed E-state index contributed by atoms with van der Waals surface area (Å²) in [5, 5.41) is 7.94. The molecular formula is C26H29ClN4O4. The Kier molecular flexibility index (Phi) is 7.03. The van der Waals surface area contributed by atoms with E-state index in [0.717, 1.165) is 12.1 Å².